The van der Waals surface area contributed by atoms with Gasteiger partial charge in [-0.1, -0.05) is 0 Å². The summed E-state index contributed by atoms with van der Waals surface area (Å²) in [4.78, 5) is 24.7. The third kappa shape index (κ3) is 11.8. The van der Waals surface area contributed by atoms with Crippen molar-refractivity contribution >= 4 is 11.8 Å². The summed E-state index contributed by atoms with van der Waals surface area (Å²) < 4.78 is 46.4. The Hall–Kier alpha value is -1.98. The van der Waals surface area contributed by atoms with Crippen LogP contribution in [0.1, 0.15) is 20.8 Å². The summed E-state index contributed by atoms with van der Waals surface area (Å²) in [6.07, 6.45) is -41.2. The fraction of sp³-hybridized carbons (Fsp3) is 0.941. The van der Waals surface area contributed by atoms with Gasteiger partial charge in [-0.15, -0.1) is 0 Å². The van der Waals surface area contributed by atoms with E-state index in [1.54, 1.807) is 0 Å². The van der Waals surface area contributed by atoms with Crippen LogP contribution in [-0.4, -0.2) is 269 Å². The number of amides is 2. The standard InChI is InChI=1S/C34H60N2O25/c1-9-18(45)22(49)24(51)32(54-9)60-29-17(36-11(3)43)31(57-16(8-41)28(29)59-33-25(52)23(50)20(47)14(6-39)55-33)61-30-21(48)15(7-40)56-34(26(30)53)58-27(19(46)13(44)5-38)12(4-37)35-10(2)42/h9,12-34,37-41,44-53H,4-8H2,1-3H3,(H,35,42)(H,36,43)/t9-,12-,13+,14+,15+,16+,17+,18+,19-,20-,21-,22+,23-,24-,25+,26+,27+,28+,29+,30-,31-,32-,33-,34-/m0/s1. The van der Waals surface area contributed by atoms with Gasteiger partial charge in [0.1, 0.15) is 110 Å². The largest absolute Gasteiger partial charge is 0.394 e. The first kappa shape index (κ1) is 51.7. The van der Waals surface area contributed by atoms with E-state index < -0.39 is 192 Å². The van der Waals surface area contributed by atoms with Crippen molar-refractivity contribution in [2.24, 2.45) is 0 Å². The first-order valence-electron chi connectivity index (χ1n) is 19.4. The number of aliphatic hydroxyl groups is 15. The van der Waals surface area contributed by atoms with Crippen LogP contribution in [0.3, 0.4) is 0 Å². The van der Waals surface area contributed by atoms with Crippen LogP contribution < -0.4 is 10.6 Å². The summed E-state index contributed by atoms with van der Waals surface area (Å²) in [5.74, 6) is -1.60. The molecule has 0 unspecified atom stereocenters. The fourth-order valence-electron chi connectivity index (χ4n) is 7.37. The van der Waals surface area contributed by atoms with E-state index in [9.17, 15) is 86.2 Å². The van der Waals surface area contributed by atoms with Crippen molar-refractivity contribution in [1.29, 1.82) is 0 Å². The summed E-state index contributed by atoms with van der Waals surface area (Å²) in [6, 6.07) is -3.30. The van der Waals surface area contributed by atoms with Crippen LogP contribution in [0.2, 0.25) is 0 Å². The average Bonchev–Trinajstić information content (AvgIpc) is 3.23. The van der Waals surface area contributed by atoms with Gasteiger partial charge in [-0.2, -0.15) is 0 Å². The Morgan fingerprint density at radius 3 is 1.61 bits per heavy atom. The molecule has 24 atom stereocenters. The normalized spacial score (nSPS) is 44.1. The summed E-state index contributed by atoms with van der Waals surface area (Å²) in [7, 11) is 0. The highest BCUT2D eigenvalue weighted by Crippen LogP contribution is 2.36. The molecule has 4 aliphatic rings. The third-order valence-electron chi connectivity index (χ3n) is 10.7. The average molecular weight is 897 g/mol. The molecule has 61 heavy (non-hydrogen) atoms. The highest BCUT2D eigenvalue weighted by atomic mass is 16.8. The zero-order chi connectivity index (χ0) is 45.6. The molecule has 27 nitrogen and oxygen atoms in total. The number of carbonyl (C=O) groups excluding carboxylic acids is 2. The Morgan fingerprint density at radius 2 is 1.07 bits per heavy atom. The van der Waals surface area contributed by atoms with Crippen molar-refractivity contribution in [2.45, 2.75) is 168 Å². The Bertz CT molecular complexity index is 1370. The SMILES string of the molecule is CC(=O)N[C@H]1[C@H](O[C@H]2[C@@H](O)[C@@H](CO)O[C@@H](O[C@@H]([C@@H](O)[C@H](O)CO)[C@H](CO)NC(C)=O)[C@@H]2O)O[C@H](CO)[C@@H](O[C@@H]2O[C@H](CO)[C@H](O)[C@H](O)[C@H]2O)[C@@H]1O[C@@H]1O[C@@H](C)[C@@H](O)[C@@H](O)[C@@H]1O. The quantitative estimate of drug-likeness (QED) is 0.0607. The van der Waals surface area contributed by atoms with E-state index in [1.165, 1.54) is 6.92 Å². The number of aliphatic hydroxyl groups excluding tert-OH is 15. The summed E-state index contributed by atoms with van der Waals surface area (Å²) in [5, 5.41) is 162. The van der Waals surface area contributed by atoms with Crippen LogP contribution in [0.4, 0.5) is 0 Å². The van der Waals surface area contributed by atoms with E-state index >= 15 is 0 Å². The second kappa shape index (κ2) is 22.8. The predicted molar refractivity (Wildman–Crippen MR) is 191 cm³/mol. The second-order valence-corrected chi connectivity index (χ2v) is 15.2. The van der Waals surface area contributed by atoms with Crippen molar-refractivity contribution in [3.05, 3.63) is 0 Å². The molecule has 27 heteroatoms. The van der Waals surface area contributed by atoms with Crippen LogP contribution in [-0.2, 0) is 47.5 Å². The molecule has 0 aromatic carbocycles. The zero-order valence-corrected chi connectivity index (χ0v) is 33.2. The topological polar surface area (TPSA) is 435 Å². The lowest BCUT2D eigenvalue weighted by Crippen LogP contribution is -2.71. The minimum atomic E-state index is -2.20. The molecule has 4 rings (SSSR count). The molecular formula is C34H60N2O25. The molecular weight excluding hydrogens is 836 g/mol. The number of hydrogen-bond acceptors (Lipinski definition) is 25. The van der Waals surface area contributed by atoms with Gasteiger partial charge in [-0.3, -0.25) is 9.59 Å². The van der Waals surface area contributed by atoms with Gasteiger partial charge in [-0.25, -0.2) is 0 Å². The number of carbonyl (C=O) groups is 2. The number of hydrogen-bond donors (Lipinski definition) is 17. The molecule has 4 aliphatic heterocycles. The molecule has 0 saturated carbocycles. The molecule has 4 saturated heterocycles. The van der Waals surface area contributed by atoms with Gasteiger partial charge in [0.15, 0.2) is 25.2 Å². The van der Waals surface area contributed by atoms with Crippen LogP contribution in [0.15, 0.2) is 0 Å². The summed E-state index contributed by atoms with van der Waals surface area (Å²) >= 11 is 0. The van der Waals surface area contributed by atoms with Crippen LogP contribution >= 0.6 is 0 Å². The second-order valence-electron chi connectivity index (χ2n) is 15.2. The minimum absolute atomic E-state index is 0.748. The third-order valence-corrected chi connectivity index (χ3v) is 10.7. The molecule has 4 fully saturated rings. The number of ether oxygens (including phenoxy) is 8. The minimum Gasteiger partial charge on any atom is -0.394 e. The van der Waals surface area contributed by atoms with Gasteiger partial charge in [0.25, 0.3) is 0 Å². The molecule has 4 heterocycles. The lowest BCUT2D eigenvalue weighted by molar-refractivity contribution is -0.387. The molecule has 0 aliphatic carbocycles. The Labute approximate surface area is 347 Å². The van der Waals surface area contributed by atoms with E-state index in [1.807, 2.05) is 0 Å². The molecule has 0 aromatic heterocycles. The molecule has 0 radical (unpaired) electrons. The maximum Gasteiger partial charge on any atom is 0.217 e. The van der Waals surface area contributed by atoms with Crippen molar-refractivity contribution in [1.82, 2.24) is 10.6 Å². The van der Waals surface area contributed by atoms with Crippen molar-refractivity contribution in [2.75, 3.05) is 33.0 Å². The van der Waals surface area contributed by atoms with Gasteiger partial charge in [0, 0.05) is 13.8 Å². The first-order chi connectivity index (χ1) is 28.7. The van der Waals surface area contributed by atoms with Gasteiger partial charge in [0.05, 0.1) is 45.2 Å². The van der Waals surface area contributed by atoms with Crippen LogP contribution in [0, 0.1) is 0 Å². The Morgan fingerprint density at radius 1 is 0.557 bits per heavy atom. The van der Waals surface area contributed by atoms with Gasteiger partial charge < -0.3 is 125 Å². The van der Waals surface area contributed by atoms with Gasteiger partial charge in [0.2, 0.25) is 11.8 Å². The highest BCUT2D eigenvalue weighted by Gasteiger charge is 2.57. The van der Waals surface area contributed by atoms with Gasteiger partial charge >= 0.3 is 0 Å². The molecule has 356 valence electrons. The van der Waals surface area contributed by atoms with E-state index in [0.717, 1.165) is 13.8 Å². The van der Waals surface area contributed by atoms with Gasteiger partial charge in [-0.05, 0) is 6.92 Å². The molecule has 0 aromatic rings. The van der Waals surface area contributed by atoms with Crippen molar-refractivity contribution in [3.63, 3.8) is 0 Å². The van der Waals surface area contributed by atoms with E-state index in [4.69, 9.17) is 37.9 Å². The van der Waals surface area contributed by atoms with E-state index in [-0.39, 0.29) is 0 Å². The van der Waals surface area contributed by atoms with Crippen LogP contribution in [0.25, 0.3) is 0 Å². The summed E-state index contributed by atoms with van der Waals surface area (Å²) in [5.41, 5.74) is 0. The lowest BCUT2D eigenvalue weighted by atomic mass is 9.93. The molecule has 0 bridgehead atoms. The maximum absolute atomic E-state index is 12.8. The molecule has 2 amide bonds. The summed E-state index contributed by atoms with van der Waals surface area (Å²) in [6.45, 7) is -1.54. The first-order valence-corrected chi connectivity index (χ1v) is 19.4. The molecule has 17 N–H and O–H groups in total. The fourth-order valence-corrected chi connectivity index (χ4v) is 7.37. The van der Waals surface area contributed by atoms with Crippen LogP contribution in [0.5, 0.6) is 0 Å². The highest BCUT2D eigenvalue weighted by molar-refractivity contribution is 5.73. The van der Waals surface area contributed by atoms with Crippen molar-refractivity contribution < 1.29 is 124 Å². The van der Waals surface area contributed by atoms with E-state index in [2.05, 4.69) is 10.6 Å². The smallest absolute Gasteiger partial charge is 0.217 e. The Balaban J connectivity index is 1.76. The molecule has 0 spiro atoms. The number of nitrogens with one attached hydrogen (secondary N) is 2. The van der Waals surface area contributed by atoms with Crippen molar-refractivity contribution in [3.8, 4) is 0 Å². The number of rotatable bonds is 18. The lowest BCUT2D eigenvalue weighted by Gasteiger charge is -2.51. The zero-order valence-electron chi connectivity index (χ0n) is 33.2. The monoisotopic (exact) mass is 896 g/mol. The van der Waals surface area contributed by atoms with E-state index in [0.29, 0.717) is 0 Å². The Kier molecular flexibility index (Phi) is 19.3. The predicted octanol–water partition coefficient (Wildman–Crippen LogP) is -11.0. The maximum atomic E-state index is 12.8.